The van der Waals surface area contributed by atoms with Crippen molar-refractivity contribution in [2.24, 2.45) is 5.92 Å². The summed E-state index contributed by atoms with van der Waals surface area (Å²) in [6, 6.07) is 24.0. The maximum absolute atomic E-state index is 12.6. The van der Waals surface area contributed by atoms with Crippen LogP contribution in [0, 0.1) is 18.3 Å². The molecule has 0 aliphatic carbocycles. The van der Waals surface area contributed by atoms with Crippen molar-refractivity contribution < 1.29 is 4.79 Å². The van der Waals surface area contributed by atoms with Crippen molar-refractivity contribution in [3.8, 4) is 0 Å². The molecule has 0 fully saturated rings. The smallest absolute Gasteiger partial charge is 0.319 e. The molecule has 0 aliphatic rings. The summed E-state index contributed by atoms with van der Waals surface area (Å²) < 4.78 is 0. The first-order valence-corrected chi connectivity index (χ1v) is 11.6. The van der Waals surface area contributed by atoms with Crippen molar-refractivity contribution in [2.75, 3.05) is 5.32 Å². The van der Waals surface area contributed by atoms with Crippen LogP contribution in [0.25, 0.3) is 0 Å². The van der Waals surface area contributed by atoms with Gasteiger partial charge in [0.25, 0.3) is 0 Å². The number of aryl methyl sites for hydroxylation is 2. The number of carbonyl (C=O) groups is 1. The Morgan fingerprint density at radius 1 is 0.970 bits per heavy atom. The van der Waals surface area contributed by atoms with Crippen LogP contribution in [0.3, 0.4) is 0 Å². The van der Waals surface area contributed by atoms with Gasteiger partial charge in [-0.05, 0) is 56.4 Å². The van der Waals surface area contributed by atoms with Crippen molar-refractivity contribution in [2.45, 2.75) is 52.5 Å². The van der Waals surface area contributed by atoms with Crippen LogP contribution in [0.1, 0.15) is 42.8 Å². The zero-order valence-electron chi connectivity index (χ0n) is 19.8. The van der Waals surface area contributed by atoms with Gasteiger partial charge in [-0.2, -0.15) is 0 Å². The summed E-state index contributed by atoms with van der Waals surface area (Å²) >= 11 is 0. The van der Waals surface area contributed by atoms with Crippen LogP contribution in [0.15, 0.2) is 72.8 Å². The Labute approximate surface area is 197 Å². The van der Waals surface area contributed by atoms with E-state index in [1.165, 1.54) is 11.1 Å². The normalized spacial score (nSPS) is 11.8. The maximum Gasteiger partial charge on any atom is 0.319 e. The molecule has 0 saturated carbocycles. The molecule has 33 heavy (non-hydrogen) atoms. The van der Waals surface area contributed by atoms with E-state index < -0.39 is 0 Å². The van der Waals surface area contributed by atoms with E-state index in [-0.39, 0.29) is 18.0 Å². The minimum absolute atomic E-state index is 0.0806. The number of hydrogen-bond acceptors (Lipinski definition) is 3. The predicted molar refractivity (Wildman–Crippen MR) is 136 cm³/mol. The molecule has 5 nitrogen and oxygen atoms in total. The van der Waals surface area contributed by atoms with Gasteiger partial charge in [0.05, 0.1) is 0 Å². The van der Waals surface area contributed by atoms with E-state index in [0.717, 1.165) is 36.3 Å². The highest BCUT2D eigenvalue weighted by Crippen LogP contribution is 2.19. The number of nitrogens with one attached hydrogen (secondary N) is 3. The van der Waals surface area contributed by atoms with Gasteiger partial charge in [0.15, 0.2) is 0 Å². The van der Waals surface area contributed by atoms with Crippen molar-refractivity contribution in [1.29, 1.82) is 5.41 Å². The van der Waals surface area contributed by atoms with E-state index in [9.17, 15) is 4.79 Å². The van der Waals surface area contributed by atoms with Crippen molar-refractivity contribution in [3.05, 3.63) is 95.3 Å². The SMILES string of the molecule is CCc1cc(NC(=O)N[C@@H](C)CC(=N)C(Cc2ccccc2)Cc2ccccc2)cc(C)n1. The Hall–Kier alpha value is -3.47. The second kappa shape index (κ2) is 12.0. The Bertz CT molecular complexity index is 1010. The molecule has 3 N–H and O–H groups in total. The molecular formula is C28H34N4O. The van der Waals surface area contributed by atoms with Gasteiger partial charge >= 0.3 is 6.03 Å². The molecule has 0 bridgehead atoms. The zero-order valence-corrected chi connectivity index (χ0v) is 19.8. The molecular weight excluding hydrogens is 408 g/mol. The fourth-order valence-corrected chi connectivity index (χ4v) is 4.04. The zero-order chi connectivity index (χ0) is 23.6. The van der Waals surface area contributed by atoms with Crippen LogP contribution in [0.5, 0.6) is 0 Å². The van der Waals surface area contributed by atoms with Crippen LogP contribution in [0.2, 0.25) is 0 Å². The summed E-state index contributed by atoms with van der Waals surface area (Å²) in [5.74, 6) is 0.0806. The number of urea groups is 1. The summed E-state index contributed by atoms with van der Waals surface area (Å²) in [6.07, 6.45) is 2.94. The van der Waals surface area contributed by atoms with Crippen molar-refractivity contribution in [1.82, 2.24) is 10.3 Å². The first-order chi connectivity index (χ1) is 15.9. The average molecular weight is 443 g/mol. The number of benzene rings is 2. The third-order valence-electron chi connectivity index (χ3n) is 5.67. The standard InChI is InChI=1S/C28H34N4O/c1-4-25-19-26(15-20(2)30-25)32-28(33)31-21(3)16-27(29)24(17-22-11-7-5-8-12-22)18-23-13-9-6-10-14-23/h5-15,19,21,24,29H,4,16-18H2,1-3H3,(H2,30,31,32,33)/t21-/m0/s1. The van der Waals surface area contributed by atoms with Crippen LogP contribution in [-0.2, 0) is 19.3 Å². The lowest BCUT2D eigenvalue weighted by atomic mass is 9.86. The van der Waals surface area contributed by atoms with E-state index in [0.29, 0.717) is 12.1 Å². The third-order valence-corrected chi connectivity index (χ3v) is 5.67. The lowest BCUT2D eigenvalue weighted by molar-refractivity contribution is 0.249. The van der Waals surface area contributed by atoms with E-state index in [1.54, 1.807) is 0 Å². The molecule has 0 aliphatic heterocycles. The van der Waals surface area contributed by atoms with Gasteiger partial charge in [-0.3, -0.25) is 4.98 Å². The Morgan fingerprint density at radius 3 is 2.09 bits per heavy atom. The molecule has 3 aromatic rings. The largest absolute Gasteiger partial charge is 0.335 e. The third kappa shape index (κ3) is 7.86. The molecule has 0 radical (unpaired) electrons. The number of rotatable bonds is 10. The number of carbonyl (C=O) groups excluding carboxylic acids is 1. The molecule has 1 heterocycles. The summed E-state index contributed by atoms with van der Waals surface area (Å²) in [4.78, 5) is 17.0. The van der Waals surface area contributed by atoms with Gasteiger partial charge in [-0.15, -0.1) is 0 Å². The van der Waals surface area contributed by atoms with Gasteiger partial charge < -0.3 is 16.0 Å². The van der Waals surface area contributed by atoms with Gasteiger partial charge in [-0.1, -0.05) is 67.6 Å². The molecule has 3 rings (SSSR count). The highest BCUT2D eigenvalue weighted by atomic mass is 16.2. The fraction of sp³-hybridized carbons (Fsp3) is 0.321. The molecule has 2 amide bonds. The first-order valence-electron chi connectivity index (χ1n) is 11.6. The summed E-state index contributed by atoms with van der Waals surface area (Å²) in [5.41, 5.74) is 5.67. The molecule has 5 heteroatoms. The lowest BCUT2D eigenvalue weighted by Gasteiger charge is -2.22. The maximum atomic E-state index is 12.6. The summed E-state index contributed by atoms with van der Waals surface area (Å²) in [7, 11) is 0. The fourth-order valence-electron chi connectivity index (χ4n) is 4.04. The molecule has 0 saturated heterocycles. The van der Waals surface area contributed by atoms with Crippen LogP contribution in [0.4, 0.5) is 10.5 Å². The van der Waals surface area contributed by atoms with E-state index in [2.05, 4.69) is 39.9 Å². The number of nitrogens with zero attached hydrogens (tertiary/aromatic N) is 1. The minimum Gasteiger partial charge on any atom is -0.335 e. The molecule has 0 spiro atoms. The lowest BCUT2D eigenvalue weighted by Crippen LogP contribution is -2.38. The Balaban J connectivity index is 1.61. The molecule has 1 aromatic heterocycles. The summed E-state index contributed by atoms with van der Waals surface area (Å²) in [5, 5.41) is 14.7. The quantitative estimate of drug-likeness (QED) is 0.338. The molecule has 2 aromatic carbocycles. The number of hydrogen-bond donors (Lipinski definition) is 3. The predicted octanol–water partition coefficient (Wildman–Crippen LogP) is 5.97. The van der Waals surface area contributed by atoms with Crippen LogP contribution in [-0.4, -0.2) is 22.8 Å². The second-order valence-electron chi connectivity index (χ2n) is 8.65. The van der Waals surface area contributed by atoms with Gasteiger partial charge in [0.2, 0.25) is 0 Å². The van der Waals surface area contributed by atoms with Gasteiger partial charge in [0, 0.05) is 41.2 Å². The topological polar surface area (TPSA) is 77.9 Å². The van der Waals surface area contributed by atoms with Crippen molar-refractivity contribution >= 4 is 17.4 Å². The van der Waals surface area contributed by atoms with E-state index in [4.69, 9.17) is 5.41 Å². The van der Waals surface area contributed by atoms with Gasteiger partial charge in [0.1, 0.15) is 0 Å². The molecule has 0 unspecified atom stereocenters. The number of anilines is 1. The highest BCUT2D eigenvalue weighted by molar-refractivity contribution is 5.90. The van der Waals surface area contributed by atoms with Crippen molar-refractivity contribution in [3.63, 3.8) is 0 Å². The number of pyridine rings is 1. The highest BCUT2D eigenvalue weighted by Gasteiger charge is 2.19. The van der Waals surface area contributed by atoms with Gasteiger partial charge in [-0.25, -0.2) is 4.79 Å². The Kier molecular flexibility index (Phi) is 8.76. The minimum atomic E-state index is -0.259. The monoisotopic (exact) mass is 442 g/mol. The van der Waals surface area contributed by atoms with Crippen LogP contribution >= 0.6 is 0 Å². The number of amides is 2. The molecule has 1 atom stereocenters. The number of aromatic nitrogens is 1. The van der Waals surface area contributed by atoms with E-state index >= 15 is 0 Å². The molecule has 172 valence electrons. The van der Waals surface area contributed by atoms with Crippen LogP contribution < -0.4 is 10.6 Å². The average Bonchev–Trinajstić information content (AvgIpc) is 2.79. The van der Waals surface area contributed by atoms with E-state index in [1.807, 2.05) is 69.3 Å². The Morgan fingerprint density at radius 2 is 1.55 bits per heavy atom. The second-order valence-corrected chi connectivity index (χ2v) is 8.65. The summed E-state index contributed by atoms with van der Waals surface area (Å²) in [6.45, 7) is 5.91. The first kappa shape index (κ1) is 24.2.